The Morgan fingerprint density at radius 1 is 0.946 bits per heavy atom. The van der Waals surface area contributed by atoms with Crippen LogP contribution in [0.5, 0.6) is 11.5 Å². The maximum absolute atomic E-state index is 13.1. The van der Waals surface area contributed by atoms with E-state index >= 15 is 0 Å². The van der Waals surface area contributed by atoms with Crippen LogP contribution in [-0.2, 0) is 14.4 Å². The minimum Gasteiger partial charge on any atom is -0.457 e. The molecule has 0 bridgehead atoms. The first-order chi connectivity index (χ1) is 18.0. The summed E-state index contributed by atoms with van der Waals surface area (Å²) < 4.78 is 19.2. The zero-order chi connectivity index (χ0) is 25.8. The molecule has 0 radical (unpaired) electrons. The normalized spacial score (nSPS) is 13.8. The van der Waals surface area contributed by atoms with E-state index in [-0.39, 0.29) is 5.91 Å². The number of nitrogens with one attached hydrogen (secondary N) is 2. The van der Waals surface area contributed by atoms with Crippen molar-refractivity contribution < 1.29 is 23.6 Å². The predicted molar refractivity (Wildman–Crippen MR) is 138 cm³/mol. The van der Waals surface area contributed by atoms with Crippen molar-refractivity contribution in [1.82, 2.24) is 4.98 Å². The molecular formula is C28H23FN4O4. The maximum Gasteiger partial charge on any atom is 0.240 e. The van der Waals surface area contributed by atoms with E-state index in [1.165, 1.54) is 31.4 Å². The Hall–Kier alpha value is -4.79. The van der Waals surface area contributed by atoms with Gasteiger partial charge in [0.25, 0.3) is 0 Å². The van der Waals surface area contributed by atoms with Gasteiger partial charge in [0.15, 0.2) is 0 Å². The quantitative estimate of drug-likeness (QED) is 0.190. The molecule has 2 amide bonds. The summed E-state index contributed by atoms with van der Waals surface area (Å²) in [4.78, 5) is 34.8. The number of nitrogens with zero attached hydrogens (tertiary/aromatic N) is 2. The number of aromatic nitrogens is 1. The number of anilines is 2. The standard InChI is InChI=1S/C28H23FN4O4/c1-36-31-17-18-2-11-23-24(16-18)30-15-12-25(23)37-22-9-7-21(8-10-22)33-27(35)28(13-14-28)26(34)32-20-5-3-19(29)4-6-20/h2-12,15-17H,13-14H2,1H3,(H,32,34)(H,33,35)/b31-17+. The highest BCUT2D eigenvalue weighted by atomic mass is 19.1. The number of ether oxygens (including phenoxy) is 1. The van der Waals surface area contributed by atoms with Crippen LogP contribution in [0, 0.1) is 11.2 Å². The highest BCUT2D eigenvalue weighted by Gasteiger charge is 2.56. The molecule has 0 aliphatic heterocycles. The molecule has 3 aromatic carbocycles. The lowest BCUT2D eigenvalue weighted by molar-refractivity contribution is -0.131. The molecule has 1 aliphatic rings. The van der Waals surface area contributed by atoms with Crippen LogP contribution in [0.25, 0.3) is 10.9 Å². The fraction of sp³-hybridized carbons (Fsp3) is 0.143. The smallest absolute Gasteiger partial charge is 0.240 e. The first-order valence-corrected chi connectivity index (χ1v) is 11.6. The van der Waals surface area contributed by atoms with E-state index in [1.54, 1.807) is 42.7 Å². The molecule has 1 heterocycles. The number of pyridine rings is 1. The van der Waals surface area contributed by atoms with Crippen LogP contribution in [0.3, 0.4) is 0 Å². The summed E-state index contributed by atoms with van der Waals surface area (Å²) in [5.74, 6) is 0.0205. The zero-order valence-corrected chi connectivity index (χ0v) is 19.9. The molecule has 2 N–H and O–H groups in total. The van der Waals surface area contributed by atoms with Gasteiger partial charge in [-0.25, -0.2) is 4.39 Å². The van der Waals surface area contributed by atoms with Gasteiger partial charge in [-0.15, -0.1) is 0 Å². The molecule has 0 spiro atoms. The van der Waals surface area contributed by atoms with Gasteiger partial charge in [0.1, 0.15) is 29.8 Å². The van der Waals surface area contributed by atoms with Crippen LogP contribution in [-0.4, -0.2) is 30.1 Å². The molecule has 4 aromatic rings. The average molecular weight is 499 g/mol. The lowest BCUT2D eigenvalue weighted by Gasteiger charge is -2.16. The van der Waals surface area contributed by atoms with E-state index in [0.717, 1.165) is 16.5 Å². The van der Waals surface area contributed by atoms with Crippen molar-refractivity contribution in [2.24, 2.45) is 10.6 Å². The highest BCUT2D eigenvalue weighted by Crippen LogP contribution is 2.47. The molecular weight excluding hydrogens is 475 g/mol. The number of hydrogen-bond acceptors (Lipinski definition) is 6. The Balaban J connectivity index is 1.24. The number of halogens is 1. The third-order valence-electron chi connectivity index (χ3n) is 6.10. The Labute approximate surface area is 212 Å². The number of rotatable bonds is 8. The SMILES string of the molecule is CO/N=C/c1ccc2c(Oc3ccc(NC(=O)C4(C(=O)Nc5ccc(F)cc5)CC4)cc3)ccnc2c1. The van der Waals surface area contributed by atoms with Crippen LogP contribution in [0.2, 0.25) is 0 Å². The molecule has 0 saturated heterocycles. The third kappa shape index (κ3) is 5.25. The summed E-state index contributed by atoms with van der Waals surface area (Å²) in [5.41, 5.74) is 1.44. The zero-order valence-electron chi connectivity index (χ0n) is 19.9. The van der Waals surface area contributed by atoms with E-state index in [4.69, 9.17) is 9.57 Å². The van der Waals surface area contributed by atoms with E-state index in [9.17, 15) is 14.0 Å². The van der Waals surface area contributed by atoms with Crippen molar-refractivity contribution in [3.05, 3.63) is 90.4 Å². The molecule has 8 nitrogen and oxygen atoms in total. The van der Waals surface area contributed by atoms with Crippen LogP contribution in [0.1, 0.15) is 18.4 Å². The van der Waals surface area contributed by atoms with E-state index in [1.807, 2.05) is 18.2 Å². The van der Waals surface area contributed by atoms with Crippen LogP contribution in [0.4, 0.5) is 15.8 Å². The minimum absolute atomic E-state index is 0.381. The van der Waals surface area contributed by atoms with Gasteiger partial charge in [-0.1, -0.05) is 11.2 Å². The van der Waals surface area contributed by atoms with Crippen molar-refractivity contribution in [2.75, 3.05) is 17.7 Å². The van der Waals surface area contributed by atoms with Gasteiger partial charge >= 0.3 is 0 Å². The Morgan fingerprint density at radius 3 is 2.22 bits per heavy atom. The number of amides is 2. The summed E-state index contributed by atoms with van der Waals surface area (Å²) in [6, 6.07) is 19.8. The third-order valence-corrected chi connectivity index (χ3v) is 6.10. The van der Waals surface area contributed by atoms with Gasteiger partial charge in [0.2, 0.25) is 11.8 Å². The van der Waals surface area contributed by atoms with Crippen molar-refractivity contribution in [2.45, 2.75) is 12.8 Å². The number of fused-ring (bicyclic) bond motifs is 1. The predicted octanol–water partition coefficient (Wildman–Crippen LogP) is 5.50. The van der Waals surface area contributed by atoms with Gasteiger partial charge in [0.05, 0.1) is 11.7 Å². The number of benzene rings is 3. The number of carbonyl (C=O) groups excluding carboxylic acids is 2. The second-order valence-corrected chi connectivity index (χ2v) is 8.63. The molecule has 1 aromatic heterocycles. The second kappa shape index (κ2) is 10.1. The van der Waals surface area contributed by atoms with Crippen LogP contribution >= 0.6 is 0 Å². The molecule has 1 fully saturated rings. The molecule has 5 rings (SSSR count). The van der Waals surface area contributed by atoms with Gasteiger partial charge in [-0.05, 0) is 85.1 Å². The summed E-state index contributed by atoms with van der Waals surface area (Å²) >= 11 is 0. The lowest BCUT2D eigenvalue weighted by atomic mass is 10.0. The van der Waals surface area contributed by atoms with E-state index < -0.39 is 17.1 Å². The average Bonchev–Trinajstić information content (AvgIpc) is 3.72. The topological polar surface area (TPSA) is 102 Å². The Kier molecular flexibility index (Phi) is 6.51. The van der Waals surface area contributed by atoms with Gasteiger partial charge in [0, 0.05) is 23.0 Å². The monoisotopic (exact) mass is 498 g/mol. The highest BCUT2D eigenvalue weighted by molar-refractivity contribution is 6.16. The van der Waals surface area contributed by atoms with Crippen LogP contribution in [0.15, 0.2) is 84.1 Å². The second-order valence-electron chi connectivity index (χ2n) is 8.63. The first kappa shape index (κ1) is 23.9. The van der Waals surface area contributed by atoms with Gasteiger partial charge < -0.3 is 20.2 Å². The van der Waals surface area contributed by atoms with Crippen molar-refractivity contribution >= 4 is 40.3 Å². The van der Waals surface area contributed by atoms with Gasteiger partial charge in [-0.2, -0.15) is 0 Å². The summed E-state index contributed by atoms with van der Waals surface area (Å²) in [6.07, 6.45) is 4.15. The maximum atomic E-state index is 13.1. The van der Waals surface area contributed by atoms with Crippen molar-refractivity contribution in [3.8, 4) is 11.5 Å². The number of oxime groups is 1. The van der Waals surface area contributed by atoms with Crippen LogP contribution < -0.4 is 15.4 Å². The first-order valence-electron chi connectivity index (χ1n) is 11.6. The van der Waals surface area contributed by atoms with Crippen molar-refractivity contribution in [3.63, 3.8) is 0 Å². The molecule has 9 heteroatoms. The molecule has 0 atom stereocenters. The van der Waals surface area contributed by atoms with Gasteiger partial charge in [-0.3, -0.25) is 14.6 Å². The fourth-order valence-corrected chi connectivity index (χ4v) is 3.87. The molecule has 186 valence electrons. The number of carbonyl (C=O) groups is 2. The molecule has 0 unspecified atom stereocenters. The molecule has 1 saturated carbocycles. The largest absolute Gasteiger partial charge is 0.457 e. The Morgan fingerprint density at radius 2 is 1.59 bits per heavy atom. The molecule has 37 heavy (non-hydrogen) atoms. The lowest BCUT2D eigenvalue weighted by Crippen LogP contribution is -2.35. The van der Waals surface area contributed by atoms with E-state index in [2.05, 4.69) is 20.8 Å². The van der Waals surface area contributed by atoms with Crippen molar-refractivity contribution in [1.29, 1.82) is 0 Å². The fourth-order valence-electron chi connectivity index (χ4n) is 3.87. The number of hydrogen-bond donors (Lipinski definition) is 2. The summed E-state index contributed by atoms with van der Waals surface area (Å²) in [7, 11) is 1.48. The minimum atomic E-state index is -1.13. The Bertz CT molecular complexity index is 1480. The summed E-state index contributed by atoms with van der Waals surface area (Å²) in [6.45, 7) is 0. The molecule has 1 aliphatic carbocycles. The summed E-state index contributed by atoms with van der Waals surface area (Å²) in [5, 5.41) is 10.1. The van der Waals surface area contributed by atoms with E-state index in [0.29, 0.717) is 35.7 Å².